The van der Waals surface area contributed by atoms with Crippen molar-refractivity contribution in [3.63, 3.8) is 0 Å². The minimum atomic E-state index is -1.01. The average molecular weight is 386 g/mol. The molecule has 146 valence electrons. The van der Waals surface area contributed by atoms with Crippen LogP contribution in [0.1, 0.15) is 34.1 Å². The fourth-order valence-electron chi connectivity index (χ4n) is 2.82. The summed E-state index contributed by atoms with van der Waals surface area (Å²) < 4.78 is 0. The Morgan fingerprint density at radius 2 is 1.97 bits per heavy atom. The average Bonchev–Trinajstić information content (AvgIpc) is 2.72. The highest BCUT2D eigenvalue weighted by molar-refractivity contribution is 6.12. The van der Waals surface area contributed by atoms with E-state index in [1.54, 1.807) is 48.6 Å². The number of hydrogen-bond acceptors (Lipinski definition) is 5. The molecule has 0 radical (unpaired) electrons. The van der Waals surface area contributed by atoms with Crippen molar-refractivity contribution in [3.8, 4) is 0 Å². The number of pyridine rings is 1. The van der Waals surface area contributed by atoms with Gasteiger partial charge in [-0.05, 0) is 60.5 Å². The van der Waals surface area contributed by atoms with Crippen LogP contribution in [0, 0.1) is 5.41 Å². The number of rotatable bonds is 7. The zero-order valence-electron chi connectivity index (χ0n) is 16.0. The minimum Gasteiger partial charge on any atom is -0.478 e. The molecule has 0 saturated carbocycles. The molecule has 0 spiro atoms. The first-order chi connectivity index (χ1) is 14.0. The fourth-order valence-corrected chi connectivity index (χ4v) is 2.82. The monoisotopic (exact) mass is 386 g/mol. The maximum Gasteiger partial charge on any atom is 0.337 e. The van der Waals surface area contributed by atoms with E-state index in [0.29, 0.717) is 22.6 Å². The number of anilines is 3. The van der Waals surface area contributed by atoms with Crippen LogP contribution in [0.5, 0.6) is 0 Å². The van der Waals surface area contributed by atoms with Crippen LogP contribution in [0.4, 0.5) is 17.1 Å². The number of carboxylic acids is 1. The lowest BCUT2D eigenvalue weighted by Crippen LogP contribution is -2.04. The molecule has 0 aliphatic rings. The fraction of sp³-hybridized carbons (Fsp3) is 0.0870. The molecule has 1 aromatic heterocycles. The quantitative estimate of drug-likeness (QED) is 0.346. The number of nitrogens with two attached hydrogens (primary N) is 1. The van der Waals surface area contributed by atoms with Crippen molar-refractivity contribution in [1.29, 1.82) is 5.41 Å². The van der Waals surface area contributed by atoms with Gasteiger partial charge in [0.15, 0.2) is 0 Å². The van der Waals surface area contributed by atoms with Gasteiger partial charge in [0.1, 0.15) is 0 Å². The number of nitrogens with one attached hydrogen (secondary N) is 2. The number of benzene rings is 2. The Kier molecular flexibility index (Phi) is 6.04. The second-order valence-electron chi connectivity index (χ2n) is 6.47. The highest BCUT2D eigenvalue weighted by atomic mass is 16.4. The predicted molar refractivity (Wildman–Crippen MR) is 117 cm³/mol. The molecule has 1 heterocycles. The number of carboxylic acid groups (broad SMARTS) is 1. The van der Waals surface area contributed by atoms with Gasteiger partial charge in [0, 0.05) is 23.1 Å². The maximum atomic E-state index is 11.3. The maximum absolute atomic E-state index is 11.3. The third kappa shape index (κ3) is 4.87. The number of allylic oxidation sites excluding steroid dienone is 1. The first-order valence-corrected chi connectivity index (χ1v) is 9.18. The summed E-state index contributed by atoms with van der Waals surface area (Å²) in [6.45, 7) is 2.07. The van der Waals surface area contributed by atoms with Gasteiger partial charge in [-0.3, -0.25) is 4.98 Å². The van der Waals surface area contributed by atoms with Crippen LogP contribution in [-0.2, 0) is 6.42 Å². The van der Waals surface area contributed by atoms with E-state index in [1.165, 1.54) is 6.07 Å². The number of hydrogen-bond donors (Lipinski definition) is 4. The SMILES string of the molecule is CCc1ccc(/C=C/C(=N)c2ccc(Nc3ccccc3C(=O)O)cc2N)nc1. The molecule has 3 aromatic rings. The van der Waals surface area contributed by atoms with Crippen LogP contribution < -0.4 is 11.1 Å². The van der Waals surface area contributed by atoms with Crippen molar-refractivity contribution in [3.05, 3.63) is 89.3 Å². The van der Waals surface area contributed by atoms with Gasteiger partial charge in [-0.15, -0.1) is 0 Å². The third-order valence-corrected chi connectivity index (χ3v) is 4.45. The predicted octanol–water partition coefficient (Wildman–Crippen LogP) is 4.75. The van der Waals surface area contributed by atoms with Crippen LogP contribution in [0.2, 0.25) is 0 Å². The molecule has 0 unspecified atom stereocenters. The second-order valence-corrected chi connectivity index (χ2v) is 6.47. The molecule has 6 nitrogen and oxygen atoms in total. The molecule has 0 saturated heterocycles. The van der Waals surface area contributed by atoms with Gasteiger partial charge in [0.2, 0.25) is 0 Å². The van der Waals surface area contributed by atoms with E-state index >= 15 is 0 Å². The number of aryl methyl sites for hydroxylation is 1. The molecule has 2 aromatic carbocycles. The van der Waals surface area contributed by atoms with Gasteiger partial charge in [-0.1, -0.05) is 25.1 Å². The molecule has 29 heavy (non-hydrogen) atoms. The molecular formula is C23H22N4O2. The van der Waals surface area contributed by atoms with Crippen molar-refractivity contribution < 1.29 is 9.90 Å². The van der Waals surface area contributed by atoms with Gasteiger partial charge in [-0.25, -0.2) is 4.79 Å². The Labute approximate surface area is 169 Å². The molecule has 0 fully saturated rings. The van der Waals surface area contributed by atoms with E-state index in [1.807, 2.05) is 18.3 Å². The lowest BCUT2D eigenvalue weighted by atomic mass is 10.1. The van der Waals surface area contributed by atoms with Crippen molar-refractivity contribution in [2.45, 2.75) is 13.3 Å². The lowest BCUT2D eigenvalue weighted by Gasteiger charge is -2.12. The standard InChI is InChI=1S/C23H22N4O2/c1-2-15-7-8-16(26-14-15)10-12-20(24)18-11-9-17(13-21(18)25)27-22-6-4-3-5-19(22)23(28)29/h3-14,24,27H,2,25H2,1H3,(H,28,29)/b12-10+,24-20?. The Hall–Kier alpha value is -3.93. The molecule has 0 amide bonds. The van der Waals surface area contributed by atoms with Gasteiger partial charge < -0.3 is 21.6 Å². The summed E-state index contributed by atoms with van der Waals surface area (Å²) in [6, 6.07) is 15.8. The summed E-state index contributed by atoms with van der Waals surface area (Å²) in [5.74, 6) is -1.01. The minimum absolute atomic E-state index is 0.174. The summed E-state index contributed by atoms with van der Waals surface area (Å²) in [7, 11) is 0. The summed E-state index contributed by atoms with van der Waals surface area (Å²) in [6.07, 6.45) is 6.19. The van der Waals surface area contributed by atoms with E-state index in [0.717, 1.165) is 17.7 Å². The van der Waals surface area contributed by atoms with Crippen LogP contribution in [0.3, 0.4) is 0 Å². The highest BCUT2D eigenvalue weighted by Gasteiger charge is 2.10. The van der Waals surface area contributed by atoms with Crippen molar-refractivity contribution in [2.75, 3.05) is 11.1 Å². The third-order valence-electron chi connectivity index (χ3n) is 4.45. The normalized spacial score (nSPS) is 10.8. The van der Waals surface area contributed by atoms with Gasteiger partial charge in [0.05, 0.1) is 22.7 Å². The Bertz CT molecular complexity index is 1070. The zero-order valence-corrected chi connectivity index (χ0v) is 16.0. The molecular weight excluding hydrogens is 364 g/mol. The van der Waals surface area contributed by atoms with E-state index in [9.17, 15) is 9.90 Å². The number of aromatic nitrogens is 1. The molecule has 0 bridgehead atoms. The summed E-state index contributed by atoms with van der Waals surface area (Å²) in [4.78, 5) is 15.7. The Morgan fingerprint density at radius 1 is 1.17 bits per heavy atom. The Balaban J connectivity index is 1.76. The van der Waals surface area contributed by atoms with E-state index < -0.39 is 5.97 Å². The number of nitrogens with zero attached hydrogens (tertiary/aromatic N) is 1. The van der Waals surface area contributed by atoms with Crippen molar-refractivity contribution >= 4 is 34.8 Å². The van der Waals surface area contributed by atoms with Gasteiger partial charge in [0.25, 0.3) is 0 Å². The molecule has 5 N–H and O–H groups in total. The molecule has 0 aliphatic carbocycles. The second kappa shape index (κ2) is 8.84. The van der Waals surface area contributed by atoms with E-state index in [-0.39, 0.29) is 11.3 Å². The molecule has 6 heteroatoms. The molecule has 0 atom stereocenters. The Morgan fingerprint density at radius 3 is 2.62 bits per heavy atom. The van der Waals surface area contributed by atoms with Gasteiger partial charge in [-0.2, -0.15) is 0 Å². The number of aromatic carboxylic acids is 1. The van der Waals surface area contributed by atoms with Crippen LogP contribution in [0.25, 0.3) is 6.08 Å². The first kappa shape index (κ1) is 19.8. The van der Waals surface area contributed by atoms with Gasteiger partial charge >= 0.3 is 5.97 Å². The first-order valence-electron chi connectivity index (χ1n) is 9.18. The largest absolute Gasteiger partial charge is 0.478 e. The van der Waals surface area contributed by atoms with Crippen molar-refractivity contribution in [2.24, 2.45) is 0 Å². The van der Waals surface area contributed by atoms with E-state index in [2.05, 4.69) is 17.2 Å². The zero-order chi connectivity index (χ0) is 20.8. The van der Waals surface area contributed by atoms with Crippen molar-refractivity contribution in [1.82, 2.24) is 4.98 Å². The topological polar surface area (TPSA) is 112 Å². The smallest absolute Gasteiger partial charge is 0.337 e. The summed E-state index contributed by atoms with van der Waals surface area (Å²) in [5, 5.41) is 20.6. The van der Waals surface area contributed by atoms with E-state index in [4.69, 9.17) is 11.1 Å². The summed E-state index contributed by atoms with van der Waals surface area (Å²) >= 11 is 0. The highest BCUT2D eigenvalue weighted by Crippen LogP contribution is 2.25. The lowest BCUT2D eigenvalue weighted by molar-refractivity contribution is 0.0698. The van der Waals surface area contributed by atoms with Crippen LogP contribution in [-0.4, -0.2) is 21.8 Å². The summed E-state index contributed by atoms with van der Waals surface area (Å²) in [5.41, 5.74) is 10.6. The van der Waals surface area contributed by atoms with Crippen LogP contribution >= 0.6 is 0 Å². The number of para-hydroxylation sites is 1. The molecule has 0 aliphatic heterocycles. The number of carbonyl (C=O) groups is 1. The number of nitrogen functional groups attached to an aromatic ring is 1. The molecule has 3 rings (SSSR count). The van der Waals surface area contributed by atoms with Crippen LogP contribution in [0.15, 0.2) is 66.9 Å².